The molecule has 1 atom stereocenters. The topological polar surface area (TPSA) is 86.6 Å². The number of carbonyl (C=O) groups is 2. The lowest BCUT2D eigenvalue weighted by molar-refractivity contribution is -0.137. The Labute approximate surface area is 78.8 Å². The number of hydrogen-bond donors (Lipinski definition) is 3. The van der Waals surface area contributed by atoms with E-state index in [-0.39, 0.29) is 17.5 Å². The molecular formula is C7H9NO4S. The summed E-state index contributed by atoms with van der Waals surface area (Å²) < 4.78 is 0. The van der Waals surface area contributed by atoms with Gasteiger partial charge >= 0.3 is 11.9 Å². The summed E-state index contributed by atoms with van der Waals surface area (Å²) in [4.78, 5) is 20.8. The molecule has 0 fully saturated rings. The lowest BCUT2D eigenvalue weighted by Crippen LogP contribution is -2.34. The van der Waals surface area contributed by atoms with Gasteiger partial charge in [0.2, 0.25) is 0 Å². The van der Waals surface area contributed by atoms with E-state index in [0.29, 0.717) is 5.75 Å². The first-order chi connectivity index (χ1) is 6.09. The van der Waals surface area contributed by atoms with Crippen LogP contribution in [0.2, 0.25) is 0 Å². The van der Waals surface area contributed by atoms with Crippen LogP contribution >= 0.6 is 11.8 Å². The molecule has 1 unspecified atom stereocenters. The molecule has 0 spiro atoms. The number of thioether (sulfide) groups is 1. The summed E-state index contributed by atoms with van der Waals surface area (Å²) in [6, 6.07) is 0. The number of aliphatic carboxylic acids is 2. The highest BCUT2D eigenvalue weighted by Gasteiger charge is 2.20. The average molecular weight is 203 g/mol. The summed E-state index contributed by atoms with van der Waals surface area (Å²) >= 11 is 1.38. The molecule has 0 aliphatic carbocycles. The standard InChI is InChI=1S/C7H9NO4S/c9-6(10)3-5-8-4(7(11)12)1-2-13-5/h1,5,8H,2-3H2,(H,9,10)(H,11,12). The molecule has 72 valence electrons. The maximum atomic E-state index is 10.5. The molecule has 0 radical (unpaired) electrons. The van der Waals surface area contributed by atoms with Gasteiger partial charge in [-0.05, 0) is 6.08 Å². The van der Waals surface area contributed by atoms with E-state index in [0.717, 1.165) is 0 Å². The van der Waals surface area contributed by atoms with Crippen LogP contribution < -0.4 is 5.32 Å². The van der Waals surface area contributed by atoms with Crippen LogP contribution in [0.25, 0.3) is 0 Å². The first-order valence-electron chi connectivity index (χ1n) is 3.63. The maximum Gasteiger partial charge on any atom is 0.351 e. The van der Waals surface area contributed by atoms with Crippen molar-refractivity contribution in [3.63, 3.8) is 0 Å². The molecule has 0 amide bonds. The van der Waals surface area contributed by atoms with Crippen LogP contribution in [0.4, 0.5) is 0 Å². The van der Waals surface area contributed by atoms with E-state index in [1.807, 2.05) is 0 Å². The van der Waals surface area contributed by atoms with Gasteiger partial charge in [0.25, 0.3) is 0 Å². The van der Waals surface area contributed by atoms with Gasteiger partial charge in [-0.25, -0.2) is 4.79 Å². The van der Waals surface area contributed by atoms with Crippen LogP contribution in [0.3, 0.4) is 0 Å². The molecule has 0 saturated heterocycles. The molecule has 0 aromatic carbocycles. The number of carboxylic acids is 2. The zero-order valence-electron chi connectivity index (χ0n) is 6.69. The van der Waals surface area contributed by atoms with Gasteiger partial charge in [-0.1, -0.05) is 0 Å². The first kappa shape index (κ1) is 9.91. The van der Waals surface area contributed by atoms with E-state index in [1.54, 1.807) is 0 Å². The molecule has 0 aromatic heterocycles. The van der Waals surface area contributed by atoms with Crippen molar-refractivity contribution < 1.29 is 19.8 Å². The molecule has 6 heteroatoms. The minimum atomic E-state index is -1.05. The summed E-state index contributed by atoms with van der Waals surface area (Å²) in [5, 5.41) is 19.4. The van der Waals surface area contributed by atoms with E-state index in [9.17, 15) is 9.59 Å². The third kappa shape index (κ3) is 2.98. The quantitative estimate of drug-likeness (QED) is 0.602. The summed E-state index contributed by atoms with van der Waals surface area (Å²) in [6.07, 6.45) is 1.46. The fraction of sp³-hybridized carbons (Fsp3) is 0.429. The van der Waals surface area contributed by atoms with E-state index in [1.165, 1.54) is 17.8 Å². The molecule has 0 saturated carbocycles. The van der Waals surface area contributed by atoms with Crippen LogP contribution in [0.5, 0.6) is 0 Å². The number of carboxylic acid groups (broad SMARTS) is 2. The molecule has 0 bridgehead atoms. The number of rotatable bonds is 3. The zero-order valence-corrected chi connectivity index (χ0v) is 7.50. The van der Waals surface area contributed by atoms with Gasteiger partial charge in [-0.15, -0.1) is 11.8 Å². The molecule has 1 heterocycles. The van der Waals surface area contributed by atoms with E-state index >= 15 is 0 Å². The monoisotopic (exact) mass is 203 g/mol. The summed E-state index contributed by atoms with van der Waals surface area (Å²) in [7, 11) is 0. The Morgan fingerprint density at radius 3 is 2.85 bits per heavy atom. The van der Waals surface area contributed by atoms with Gasteiger partial charge in [-0.2, -0.15) is 0 Å². The molecule has 1 rings (SSSR count). The second-order valence-electron chi connectivity index (χ2n) is 2.49. The summed E-state index contributed by atoms with van der Waals surface area (Å²) in [5.74, 6) is -1.45. The molecule has 13 heavy (non-hydrogen) atoms. The smallest absolute Gasteiger partial charge is 0.351 e. The van der Waals surface area contributed by atoms with Crippen molar-refractivity contribution in [2.24, 2.45) is 0 Å². The van der Waals surface area contributed by atoms with Crippen LogP contribution in [0, 0.1) is 0 Å². The van der Waals surface area contributed by atoms with Crippen LogP contribution in [-0.4, -0.2) is 33.3 Å². The number of hydrogen-bond acceptors (Lipinski definition) is 4. The Morgan fingerprint density at radius 1 is 1.62 bits per heavy atom. The van der Waals surface area contributed by atoms with Gasteiger partial charge in [0.1, 0.15) is 5.70 Å². The minimum absolute atomic E-state index is 0.0741. The zero-order chi connectivity index (χ0) is 9.84. The van der Waals surface area contributed by atoms with Gasteiger partial charge in [-0.3, -0.25) is 4.79 Å². The van der Waals surface area contributed by atoms with Crippen molar-refractivity contribution in [2.75, 3.05) is 5.75 Å². The highest BCUT2D eigenvalue weighted by molar-refractivity contribution is 8.00. The van der Waals surface area contributed by atoms with Crippen LogP contribution in [0.15, 0.2) is 11.8 Å². The van der Waals surface area contributed by atoms with E-state index < -0.39 is 11.9 Å². The number of nitrogens with one attached hydrogen (secondary N) is 1. The Bertz CT molecular complexity index is 263. The lowest BCUT2D eigenvalue weighted by atomic mass is 10.3. The molecule has 1 aliphatic rings. The predicted octanol–water partition coefficient (Wildman–Crippen LogP) is 0.0921. The highest BCUT2D eigenvalue weighted by Crippen LogP contribution is 2.18. The Kier molecular flexibility index (Phi) is 3.18. The van der Waals surface area contributed by atoms with Crippen molar-refractivity contribution in [3.8, 4) is 0 Å². The molecule has 0 aromatic rings. The Balaban J connectivity index is 2.52. The Hall–Kier alpha value is -1.17. The molecule has 5 nitrogen and oxygen atoms in total. The third-order valence-electron chi connectivity index (χ3n) is 1.49. The SMILES string of the molecule is O=C(O)CC1NC(C(=O)O)=CCS1. The normalized spacial score (nSPS) is 21.5. The maximum absolute atomic E-state index is 10.5. The van der Waals surface area contributed by atoms with Gasteiger partial charge in [0, 0.05) is 5.75 Å². The fourth-order valence-corrected chi connectivity index (χ4v) is 1.91. The largest absolute Gasteiger partial charge is 0.481 e. The lowest BCUT2D eigenvalue weighted by Gasteiger charge is -2.21. The molecule has 1 aliphatic heterocycles. The molecular weight excluding hydrogens is 194 g/mol. The summed E-state index contributed by atoms with van der Waals surface area (Å²) in [6.45, 7) is 0. The van der Waals surface area contributed by atoms with Crippen molar-refractivity contribution in [2.45, 2.75) is 11.8 Å². The second kappa shape index (κ2) is 4.18. The summed E-state index contributed by atoms with van der Waals surface area (Å²) in [5.41, 5.74) is 0.0880. The molecule has 3 N–H and O–H groups in total. The average Bonchev–Trinajstić information content (AvgIpc) is 2.03. The van der Waals surface area contributed by atoms with E-state index in [4.69, 9.17) is 10.2 Å². The van der Waals surface area contributed by atoms with E-state index in [2.05, 4.69) is 5.32 Å². The van der Waals surface area contributed by atoms with Crippen molar-refractivity contribution in [3.05, 3.63) is 11.8 Å². The Morgan fingerprint density at radius 2 is 2.31 bits per heavy atom. The third-order valence-corrected chi connectivity index (χ3v) is 2.54. The van der Waals surface area contributed by atoms with Gasteiger partial charge < -0.3 is 15.5 Å². The first-order valence-corrected chi connectivity index (χ1v) is 4.68. The van der Waals surface area contributed by atoms with Gasteiger partial charge in [0.15, 0.2) is 0 Å². The van der Waals surface area contributed by atoms with Crippen molar-refractivity contribution >= 4 is 23.7 Å². The predicted molar refractivity (Wildman–Crippen MR) is 47.4 cm³/mol. The van der Waals surface area contributed by atoms with Gasteiger partial charge in [0.05, 0.1) is 11.8 Å². The van der Waals surface area contributed by atoms with Crippen molar-refractivity contribution in [1.29, 1.82) is 0 Å². The second-order valence-corrected chi connectivity index (χ2v) is 3.72. The minimum Gasteiger partial charge on any atom is -0.481 e. The van der Waals surface area contributed by atoms with Crippen LogP contribution in [0.1, 0.15) is 6.42 Å². The highest BCUT2D eigenvalue weighted by atomic mass is 32.2. The fourth-order valence-electron chi connectivity index (χ4n) is 0.939. The van der Waals surface area contributed by atoms with Crippen LogP contribution in [-0.2, 0) is 9.59 Å². The van der Waals surface area contributed by atoms with Crippen molar-refractivity contribution in [1.82, 2.24) is 5.32 Å².